The second kappa shape index (κ2) is 8.65. The molecule has 9 heteroatoms. The molecule has 0 saturated carbocycles. The Kier molecular flexibility index (Phi) is 6.54. The lowest BCUT2D eigenvalue weighted by atomic mass is 10.2. The highest BCUT2D eigenvalue weighted by atomic mass is 32.2. The number of nitrogens with two attached hydrogens (primary N) is 1. The summed E-state index contributed by atoms with van der Waals surface area (Å²) >= 11 is 0. The van der Waals surface area contributed by atoms with Gasteiger partial charge in [-0.3, -0.25) is 4.79 Å². The summed E-state index contributed by atoms with van der Waals surface area (Å²) in [5.74, 6) is -0.449. The normalized spacial score (nSPS) is 11.1. The molecule has 3 N–H and O–H groups in total. The van der Waals surface area contributed by atoms with Crippen LogP contribution in [0, 0.1) is 0 Å². The van der Waals surface area contributed by atoms with E-state index in [9.17, 15) is 18.0 Å². The number of carbonyl (C=O) groups is 2. The summed E-state index contributed by atoms with van der Waals surface area (Å²) in [5, 5.41) is 7.58. The maximum Gasteiger partial charge on any atom is 0.338 e. The smallest absolute Gasteiger partial charge is 0.338 e. The zero-order valence-electron chi connectivity index (χ0n) is 14.8. The van der Waals surface area contributed by atoms with E-state index in [2.05, 4.69) is 5.32 Å². The Hall–Kier alpha value is -2.91. The first-order chi connectivity index (χ1) is 12.6. The van der Waals surface area contributed by atoms with Crippen molar-refractivity contribution in [3.63, 3.8) is 0 Å². The summed E-state index contributed by atoms with van der Waals surface area (Å²) in [4.78, 5) is 23.6. The molecule has 0 unspecified atom stereocenters. The quantitative estimate of drug-likeness (QED) is 0.694. The maximum absolute atomic E-state index is 11.9. The summed E-state index contributed by atoms with van der Waals surface area (Å²) < 4.78 is 32.8. The molecule has 2 rings (SSSR count). The van der Waals surface area contributed by atoms with Gasteiger partial charge in [0.15, 0.2) is 6.61 Å². The monoisotopic (exact) mass is 392 g/mol. The number of hydrogen-bond donors (Lipinski definition) is 2. The molecule has 27 heavy (non-hydrogen) atoms. The van der Waals surface area contributed by atoms with E-state index in [0.29, 0.717) is 17.0 Å². The molecular formula is C18H20N2O6S. The fourth-order valence-corrected chi connectivity index (χ4v) is 2.56. The van der Waals surface area contributed by atoms with Crippen LogP contribution < -0.4 is 15.2 Å². The first kappa shape index (κ1) is 20.4. The van der Waals surface area contributed by atoms with Gasteiger partial charge in [-0.2, -0.15) is 0 Å². The number of rotatable bonds is 7. The molecule has 144 valence electrons. The van der Waals surface area contributed by atoms with Crippen LogP contribution in [0.5, 0.6) is 5.75 Å². The van der Waals surface area contributed by atoms with E-state index in [1.807, 2.05) is 0 Å². The van der Waals surface area contributed by atoms with E-state index in [1.54, 1.807) is 38.1 Å². The van der Waals surface area contributed by atoms with Crippen LogP contribution in [0.4, 0.5) is 5.69 Å². The third kappa shape index (κ3) is 6.39. The summed E-state index contributed by atoms with van der Waals surface area (Å²) in [6.07, 6.45) is -0.212. The Balaban J connectivity index is 1.87. The van der Waals surface area contributed by atoms with Gasteiger partial charge in [-0.15, -0.1) is 0 Å². The maximum atomic E-state index is 11.9. The Bertz CT molecular complexity index is 906. The molecule has 0 aromatic heterocycles. The highest BCUT2D eigenvalue weighted by Gasteiger charge is 2.10. The van der Waals surface area contributed by atoms with Crippen molar-refractivity contribution < 1.29 is 27.5 Å². The Morgan fingerprint density at radius 2 is 1.63 bits per heavy atom. The molecule has 0 aliphatic heterocycles. The Morgan fingerprint density at radius 3 is 2.15 bits per heavy atom. The van der Waals surface area contributed by atoms with E-state index in [0.717, 1.165) is 0 Å². The fraction of sp³-hybridized carbons (Fsp3) is 0.222. The summed E-state index contributed by atoms with van der Waals surface area (Å²) in [7, 11) is -3.78. The molecule has 0 saturated heterocycles. The number of amides is 1. The van der Waals surface area contributed by atoms with Crippen molar-refractivity contribution in [2.24, 2.45) is 5.14 Å². The lowest BCUT2D eigenvalue weighted by Crippen LogP contribution is -2.20. The number of benzene rings is 2. The number of nitrogens with one attached hydrogen (secondary N) is 1. The van der Waals surface area contributed by atoms with E-state index in [-0.39, 0.29) is 17.6 Å². The molecule has 0 aliphatic carbocycles. The molecule has 0 atom stereocenters. The highest BCUT2D eigenvalue weighted by Crippen LogP contribution is 2.15. The standard InChI is InChI=1S/C18H20N2O6S/c1-12(2)26-18(22)13-3-7-15(8-4-13)25-11-17(21)20-14-5-9-16(10-6-14)27(19,23)24/h3-10,12H,11H2,1-2H3,(H,20,21)(H2,19,23,24). The minimum atomic E-state index is -3.78. The summed E-state index contributed by atoms with van der Waals surface area (Å²) in [6, 6.07) is 11.6. The Morgan fingerprint density at radius 1 is 1.04 bits per heavy atom. The second-order valence-electron chi connectivity index (χ2n) is 5.88. The van der Waals surface area contributed by atoms with Crippen LogP contribution in [-0.2, 0) is 19.6 Å². The van der Waals surface area contributed by atoms with Gasteiger partial charge >= 0.3 is 5.97 Å². The number of anilines is 1. The topological polar surface area (TPSA) is 125 Å². The molecule has 0 heterocycles. The predicted octanol–water partition coefficient (Wildman–Crippen LogP) is 1.92. The van der Waals surface area contributed by atoms with Gasteiger partial charge in [0, 0.05) is 5.69 Å². The SMILES string of the molecule is CC(C)OC(=O)c1ccc(OCC(=O)Nc2ccc(S(N)(=O)=O)cc2)cc1. The van der Waals surface area contributed by atoms with Crippen LogP contribution in [-0.4, -0.2) is 33.0 Å². The van der Waals surface area contributed by atoms with Crippen LogP contribution in [0.15, 0.2) is 53.4 Å². The number of ether oxygens (including phenoxy) is 2. The minimum absolute atomic E-state index is 0.0483. The first-order valence-electron chi connectivity index (χ1n) is 8.02. The third-order valence-electron chi connectivity index (χ3n) is 3.27. The van der Waals surface area contributed by atoms with Crippen LogP contribution >= 0.6 is 0 Å². The van der Waals surface area contributed by atoms with Crippen LogP contribution in [0.2, 0.25) is 0 Å². The van der Waals surface area contributed by atoms with Crippen molar-refractivity contribution in [2.75, 3.05) is 11.9 Å². The number of carbonyl (C=O) groups excluding carboxylic acids is 2. The van der Waals surface area contributed by atoms with Gasteiger partial charge in [-0.05, 0) is 62.4 Å². The van der Waals surface area contributed by atoms with E-state index >= 15 is 0 Å². The molecule has 0 fully saturated rings. The van der Waals surface area contributed by atoms with Crippen LogP contribution in [0.25, 0.3) is 0 Å². The lowest BCUT2D eigenvalue weighted by molar-refractivity contribution is -0.118. The third-order valence-corrected chi connectivity index (χ3v) is 4.20. The lowest BCUT2D eigenvalue weighted by Gasteiger charge is -2.10. The molecule has 0 radical (unpaired) electrons. The molecule has 8 nitrogen and oxygen atoms in total. The Labute approximate surface area is 157 Å². The van der Waals surface area contributed by atoms with Crippen molar-refractivity contribution in [3.8, 4) is 5.75 Å². The van der Waals surface area contributed by atoms with Crippen LogP contribution in [0.3, 0.4) is 0 Å². The molecule has 0 spiro atoms. The largest absolute Gasteiger partial charge is 0.484 e. The van der Waals surface area contributed by atoms with Crippen molar-refractivity contribution in [1.82, 2.24) is 0 Å². The molecule has 2 aromatic carbocycles. The van der Waals surface area contributed by atoms with Gasteiger partial charge < -0.3 is 14.8 Å². The van der Waals surface area contributed by atoms with Crippen molar-refractivity contribution in [2.45, 2.75) is 24.8 Å². The average Bonchev–Trinajstić information content (AvgIpc) is 2.59. The molecular weight excluding hydrogens is 372 g/mol. The summed E-state index contributed by atoms with van der Waals surface area (Å²) in [6.45, 7) is 3.26. The zero-order valence-corrected chi connectivity index (χ0v) is 15.7. The number of primary sulfonamides is 1. The predicted molar refractivity (Wildman–Crippen MR) is 98.9 cm³/mol. The number of hydrogen-bond acceptors (Lipinski definition) is 6. The highest BCUT2D eigenvalue weighted by molar-refractivity contribution is 7.89. The molecule has 0 bridgehead atoms. The van der Waals surface area contributed by atoms with E-state index in [4.69, 9.17) is 14.6 Å². The first-order valence-corrected chi connectivity index (χ1v) is 9.56. The van der Waals surface area contributed by atoms with Crippen molar-refractivity contribution in [1.29, 1.82) is 0 Å². The van der Waals surface area contributed by atoms with Gasteiger partial charge in [0.25, 0.3) is 5.91 Å². The van der Waals surface area contributed by atoms with Crippen molar-refractivity contribution in [3.05, 3.63) is 54.1 Å². The summed E-state index contributed by atoms with van der Waals surface area (Å²) in [5.41, 5.74) is 0.790. The zero-order chi connectivity index (χ0) is 20.0. The molecule has 0 aliphatic rings. The molecule has 2 aromatic rings. The fourth-order valence-electron chi connectivity index (χ4n) is 2.04. The van der Waals surface area contributed by atoms with Gasteiger partial charge in [0.2, 0.25) is 10.0 Å². The van der Waals surface area contributed by atoms with E-state index in [1.165, 1.54) is 24.3 Å². The number of esters is 1. The van der Waals surface area contributed by atoms with E-state index < -0.39 is 21.9 Å². The minimum Gasteiger partial charge on any atom is -0.484 e. The van der Waals surface area contributed by atoms with Crippen molar-refractivity contribution >= 4 is 27.6 Å². The van der Waals surface area contributed by atoms with Gasteiger partial charge in [0.1, 0.15) is 5.75 Å². The van der Waals surface area contributed by atoms with Gasteiger partial charge in [0.05, 0.1) is 16.6 Å². The second-order valence-corrected chi connectivity index (χ2v) is 7.45. The molecule has 1 amide bonds. The van der Waals surface area contributed by atoms with Gasteiger partial charge in [-0.1, -0.05) is 0 Å². The van der Waals surface area contributed by atoms with Crippen LogP contribution in [0.1, 0.15) is 24.2 Å². The average molecular weight is 392 g/mol. The van der Waals surface area contributed by atoms with Gasteiger partial charge in [-0.25, -0.2) is 18.4 Å². The number of sulfonamides is 1.